The fourth-order valence-corrected chi connectivity index (χ4v) is 2.96. The molecule has 1 aliphatic rings. The molecule has 0 aromatic rings. The average Bonchev–Trinajstić information content (AvgIpc) is 2.45. The molecule has 0 aliphatic carbocycles. The highest BCUT2D eigenvalue weighted by Gasteiger charge is 2.24. The van der Waals surface area contributed by atoms with Gasteiger partial charge in [0.05, 0.1) is 6.54 Å². The Morgan fingerprint density at radius 3 is 2.67 bits per heavy atom. The first-order valence-electron chi connectivity index (χ1n) is 5.82. The number of nitrogens with one attached hydrogen (secondary N) is 1. The zero-order chi connectivity index (χ0) is 11.5. The summed E-state index contributed by atoms with van der Waals surface area (Å²) in [5, 5.41) is 5.24. The lowest BCUT2D eigenvalue weighted by atomic mass is 9.90. The summed E-state index contributed by atoms with van der Waals surface area (Å²) in [6.45, 7) is 13.4. The molecule has 1 unspecified atom stereocenters. The van der Waals surface area contributed by atoms with Crippen LogP contribution in [0.25, 0.3) is 0 Å². The van der Waals surface area contributed by atoms with Crippen molar-refractivity contribution in [1.29, 1.82) is 0 Å². The predicted octanol–water partition coefficient (Wildman–Crippen LogP) is 3.14. The van der Waals surface area contributed by atoms with Crippen LogP contribution in [0.5, 0.6) is 0 Å². The third-order valence-electron chi connectivity index (χ3n) is 2.22. The number of aliphatic imine (C=N–C) groups is 1. The van der Waals surface area contributed by atoms with Crippen LogP contribution in [0.4, 0.5) is 0 Å². The van der Waals surface area contributed by atoms with E-state index in [9.17, 15) is 0 Å². The molecule has 88 valence electrons. The maximum absolute atomic E-state index is 4.54. The summed E-state index contributed by atoms with van der Waals surface area (Å²) in [6.07, 6.45) is 1.24. The quantitative estimate of drug-likeness (QED) is 0.802. The highest BCUT2D eigenvalue weighted by molar-refractivity contribution is 8.14. The van der Waals surface area contributed by atoms with Crippen LogP contribution in [0.15, 0.2) is 4.99 Å². The Morgan fingerprint density at radius 2 is 2.13 bits per heavy atom. The van der Waals surface area contributed by atoms with Crippen LogP contribution in [0.2, 0.25) is 0 Å². The summed E-state index contributed by atoms with van der Waals surface area (Å²) in [5.74, 6) is 0.690. The number of rotatable bonds is 3. The summed E-state index contributed by atoms with van der Waals surface area (Å²) in [5.41, 5.74) is 0.417. The van der Waals surface area contributed by atoms with Crippen molar-refractivity contribution in [3.8, 4) is 0 Å². The molecule has 0 saturated heterocycles. The summed E-state index contributed by atoms with van der Waals surface area (Å²) in [6, 6.07) is 0. The van der Waals surface area contributed by atoms with Crippen molar-refractivity contribution in [2.75, 3.05) is 13.1 Å². The minimum atomic E-state index is 0.417. The van der Waals surface area contributed by atoms with Crippen LogP contribution in [0.3, 0.4) is 0 Å². The highest BCUT2D eigenvalue weighted by atomic mass is 32.2. The number of nitrogens with zero attached hydrogens (tertiary/aromatic N) is 1. The molecule has 1 N–H and O–H groups in total. The maximum Gasteiger partial charge on any atom is 0.156 e. The number of thioether (sulfide) groups is 1. The first-order valence-corrected chi connectivity index (χ1v) is 6.70. The number of hydrogen-bond donors (Lipinski definition) is 1. The monoisotopic (exact) mass is 228 g/mol. The normalized spacial score (nSPS) is 22.0. The molecule has 1 atom stereocenters. The van der Waals surface area contributed by atoms with Gasteiger partial charge in [-0.15, -0.1) is 0 Å². The van der Waals surface area contributed by atoms with Crippen LogP contribution in [0.1, 0.15) is 41.0 Å². The van der Waals surface area contributed by atoms with Gasteiger partial charge in [0.15, 0.2) is 5.17 Å². The van der Waals surface area contributed by atoms with E-state index < -0.39 is 0 Å². The van der Waals surface area contributed by atoms with E-state index in [-0.39, 0.29) is 0 Å². The fraction of sp³-hybridized carbons (Fsp3) is 0.917. The van der Waals surface area contributed by atoms with Crippen molar-refractivity contribution in [3.63, 3.8) is 0 Å². The SMILES string of the molecule is CC(C)CNC1=NCC(CC(C)(C)C)S1. The molecule has 1 heterocycles. The van der Waals surface area contributed by atoms with Crippen molar-refractivity contribution in [2.24, 2.45) is 16.3 Å². The van der Waals surface area contributed by atoms with Crippen molar-refractivity contribution in [3.05, 3.63) is 0 Å². The van der Waals surface area contributed by atoms with Gasteiger partial charge in [-0.05, 0) is 17.8 Å². The lowest BCUT2D eigenvalue weighted by Gasteiger charge is -2.21. The van der Waals surface area contributed by atoms with Crippen LogP contribution in [-0.2, 0) is 0 Å². The second-order valence-corrected chi connectivity index (χ2v) is 7.21. The van der Waals surface area contributed by atoms with Crippen LogP contribution in [-0.4, -0.2) is 23.5 Å². The van der Waals surface area contributed by atoms with Gasteiger partial charge in [-0.25, -0.2) is 0 Å². The molecule has 0 amide bonds. The minimum absolute atomic E-state index is 0.417. The molecule has 1 rings (SSSR count). The smallest absolute Gasteiger partial charge is 0.156 e. The van der Waals surface area contributed by atoms with E-state index in [1.807, 2.05) is 11.8 Å². The van der Waals surface area contributed by atoms with Crippen molar-refractivity contribution in [2.45, 2.75) is 46.3 Å². The molecule has 0 bridgehead atoms. The molecular formula is C12H24N2S. The van der Waals surface area contributed by atoms with Crippen LogP contribution >= 0.6 is 11.8 Å². The first kappa shape index (κ1) is 12.9. The topological polar surface area (TPSA) is 24.4 Å². The molecule has 3 heteroatoms. The molecule has 2 nitrogen and oxygen atoms in total. The summed E-state index contributed by atoms with van der Waals surface area (Å²) in [4.78, 5) is 4.54. The fourth-order valence-electron chi connectivity index (χ4n) is 1.60. The standard InChI is InChI=1S/C12H24N2S/c1-9(2)7-13-11-14-8-10(15-11)6-12(3,4)5/h9-10H,6-8H2,1-5H3,(H,13,14). The van der Waals surface area contributed by atoms with Gasteiger partial charge in [0.1, 0.15) is 0 Å². The van der Waals surface area contributed by atoms with Gasteiger partial charge in [-0.3, -0.25) is 4.99 Å². The van der Waals surface area contributed by atoms with Crippen molar-refractivity contribution >= 4 is 16.9 Å². The van der Waals surface area contributed by atoms with Gasteiger partial charge in [-0.2, -0.15) is 0 Å². The zero-order valence-corrected chi connectivity index (χ0v) is 11.4. The largest absolute Gasteiger partial charge is 0.365 e. The predicted molar refractivity (Wildman–Crippen MR) is 70.6 cm³/mol. The number of amidine groups is 1. The minimum Gasteiger partial charge on any atom is -0.365 e. The summed E-state index contributed by atoms with van der Waals surface area (Å²) in [7, 11) is 0. The number of hydrogen-bond acceptors (Lipinski definition) is 3. The molecule has 1 aliphatic heterocycles. The highest BCUT2D eigenvalue weighted by Crippen LogP contribution is 2.31. The van der Waals surface area contributed by atoms with Crippen LogP contribution in [0, 0.1) is 11.3 Å². The van der Waals surface area contributed by atoms with E-state index in [0.717, 1.165) is 18.3 Å². The van der Waals surface area contributed by atoms with Gasteiger partial charge >= 0.3 is 0 Å². The van der Waals surface area contributed by atoms with Gasteiger partial charge in [0.25, 0.3) is 0 Å². The second-order valence-electron chi connectivity index (χ2n) is 5.93. The second kappa shape index (κ2) is 5.24. The van der Waals surface area contributed by atoms with Crippen molar-refractivity contribution in [1.82, 2.24) is 5.32 Å². The lowest BCUT2D eigenvalue weighted by molar-refractivity contribution is 0.375. The molecule has 0 spiro atoms. The Kier molecular flexibility index (Phi) is 4.50. The Labute approximate surface area is 98.3 Å². The third-order valence-corrected chi connectivity index (χ3v) is 3.36. The molecular weight excluding hydrogens is 204 g/mol. The average molecular weight is 228 g/mol. The summed E-state index contributed by atoms with van der Waals surface area (Å²) >= 11 is 1.92. The van der Waals surface area contributed by atoms with E-state index in [0.29, 0.717) is 16.6 Å². The lowest BCUT2D eigenvalue weighted by Crippen LogP contribution is -2.24. The molecule has 0 aromatic carbocycles. The van der Waals surface area contributed by atoms with Gasteiger partial charge in [0, 0.05) is 11.8 Å². The Morgan fingerprint density at radius 1 is 1.47 bits per heavy atom. The van der Waals surface area contributed by atoms with E-state index in [2.05, 4.69) is 44.9 Å². The first-order chi connectivity index (χ1) is 6.87. The molecule has 0 aromatic heterocycles. The Bertz CT molecular complexity index is 228. The molecule has 0 saturated carbocycles. The third kappa shape index (κ3) is 5.45. The van der Waals surface area contributed by atoms with E-state index in [1.54, 1.807) is 0 Å². The zero-order valence-electron chi connectivity index (χ0n) is 10.6. The summed E-state index contributed by atoms with van der Waals surface area (Å²) < 4.78 is 0. The molecule has 0 fully saturated rings. The van der Waals surface area contributed by atoms with Gasteiger partial charge in [-0.1, -0.05) is 46.4 Å². The Balaban J connectivity index is 2.25. The maximum atomic E-state index is 4.54. The van der Waals surface area contributed by atoms with E-state index in [1.165, 1.54) is 6.42 Å². The van der Waals surface area contributed by atoms with E-state index >= 15 is 0 Å². The van der Waals surface area contributed by atoms with Gasteiger partial charge < -0.3 is 5.32 Å². The molecule has 0 radical (unpaired) electrons. The van der Waals surface area contributed by atoms with Crippen molar-refractivity contribution < 1.29 is 0 Å². The van der Waals surface area contributed by atoms with Crippen LogP contribution < -0.4 is 5.32 Å². The van der Waals surface area contributed by atoms with Gasteiger partial charge in [0.2, 0.25) is 0 Å². The van der Waals surface area contributed by atoms with E-state index in [4.69, 9.17) is 0 Å². The molecule has 15 heavy (non-hydrogen) atoms. The Hall–Kier alpha value is -0.180.